The van der Waals surface area contributed by atoms with E-state index in [0.717, 1.165) is 6.42 Å². The Labute approximate surface area is 164 Å². The summed E-state index contributed by atoms with van der Waals surface area (Å²) in [5.41, 5.74) is 1.46. The molecule has 0 amide bonds. The largest absolute Gasteiger partial charge is 0.200 e. The van der Waals surface area contributed by atoms with Gasteiger partial charge in [0.2, 0.25) is 0 Å². The van der Waals surface area contributed by atoms with Crippen molar-refractivity contribution in [3.05, 3.63) is 30.1 Å². The number of aromatic nitrogens is 1. The van der Waals surface area contributed by atoms with Crippen molar-refractivity contribution in [2.45, 2.75) is 130 Å². The molecule has 150 valence electrons. The second-order valence-electron chi connectivity index (χ2n) is 8.19. The molecular formula is C25H46N+. The zero-order valence-electron chi connectivity index (χ0n) is 18.1. The first kappa shape index (κ1) is 23.2. The fourth-order valence-corrected chi connectivity index (χ4v) is 3.99. The van der Waals surface area contributed by atoms with Crippen molar-refractivity contribution in [1.82, 2.24) is 0 Å². The lowest BCUT2D eigenvalue weighted by Gasteiger charge is -2.10. The Hall–Kier alpha value is -0.850. The smallest absolute Gasteiger partial charge is 0.181 e. The summed E-state index contributed by atoms with van der Waals surface area (Å²) in [5, 5.41) is 0. The summed E-state index contributed by atoms with van der Waals surface area (Å²) in [6.45, 7) is 6.93. The van der Waals surface area contributed by atoms with Crippen molar-refractivity contribution in [2.75, 3.05) is 0 Å². The molecule has 0 saturated heterocycles. The molecule has 1 atom stereocenters. The molecule has 26 heavy (non-hydrogen) atoms. The molecule has 1 aromatic rings. The lowest BCUT2D eigenvalue weighted by atomic mass is 10.0. The number of unbranched alkanes of at least 4 members (excludes halogenated alkanes) is 13. The first-order valence-corrected chi connectivity index (χ1v) is 11.8. The number of nitrogens with zero attached hydrogens (tertiary/aromatic N) is 1. The van der Waals surface area contributed by atoms with E-state index in [2.05, 4.69) is 49.7 Å². The molecule has 1 unspecified atom stereocenters. The molecule has 0 aliphatic carbocycles. The maximum absolute atomic E-state index is 2.47. The molecule has 1 heteroatoms. The van der Waals surface area contributed by atoms with Crippen LogP contribution in [-0.4, -0.2) is 0 Å². The maximum atomic E-state index is 2.47. The molecule has 1 heterocycles. The minimum atomic E-state index is 0.642. The Balaban J connectivity index is 1.90. The van der Waals surface area contributed by atoms with Crippen LogP contribution in [0.3, 0.4) is 0 Å². The van der Waals surface area contributed by atoms with Gasteiger partial charge in [0, 0.05) is 25.0 Å². The van der Waals surface area contributed by atoms with Crippen molar-refractivity contribution in [3.8, 4) is 0 Å². The van der Waals surface area contributed by atoms with Gasteiger partial charge in [0.1, 0.15) is 0 Å². The van der Waals surface area contributed by atoms with E-state index < -0.39 is 0 Å². The third-order valence-electron chi connectivity index (χ3n) is 5.79. The molecule has 0 spiro atoms. The van der Waals surface area contributed by atoms with Gasteiger partial charge in [-0.25, -0.2) is 4.57 Å². The number of hydrogen-bond donors (Lipinski definition) is 0. The molecule has 1 aromatic heterocycles. The summed E-state index contributed by atoms with van der Waals surface area (Å²) in [4.78, 5) is 0. The quantitative estimate of drug-likeness (QED) is 0.196. The predicted molar refractivity (Wildman–Crippen MR) is 116 cm³/mol. The number of pyridine rings is 1. The Morgan fingerprint density at radius 1 is 0.692 bits per heavy atom. The first-order chi connectivity index (χ1) is 12.8. The molecule has 0 aliphatic heterocycles. The van der Waals surface area contributed by atoms with Gasteiger partial charge in [-0.3, -0.25) is 0 Å². The van der Waals surface area contributed by atoms with E-state index in [1.54, 1.807) is 0 Å². The molecule has 0 aliphatic rings. The fraction of sp³-hybridized carbons (Fsp3) is 0.800. The third-order valence-corrected chi connectivity index (χ3v) is 5.79. The summed E-state index contributed by atoms with van der Waals surface area (Å²) in [5.74, 6) is 0. The van der Waals surface area contributed by atoms with Gasteiger partial charge < -0.3 is 0 Å². The molecule has 0 N–H and O–H groups in total. The van der Waals surface area contributed by atoms with Crippen LogP contribution in [-0.2, 0) is 6.42 Å². The summed E-state index contributed by atoms with van der Waals surface area (Å²) in [6, 6.07) is 7.24. The highest BCUT2D eigenvalue weighted by Gasteiger charge is 2.15. The Morgan fingerprint density at radius 2 is 1.19 bits per heavy atom. The van der Waals surface area contributed by atoms with Crippen LogP contribution in [0.5, 0.6) is 0 Å². The minimum Gasteiger partial charge on any atom is -0.200 e. The standard InChI is InChI=1S/C25H46N/c1-4-6-7-8-9-10-11-12-13-14-15-16-17-18-21-24(3)26-23-20-19-22-25(26)5-2/h19-20,22-24H,4-18,21H2,1-3H3/q+1. The Kier molecular flexibility index (Phi) is 14.6. The van der Waals surface area contributed by atoms with Crippen LogP contribution >= 0.6 is 0 Å². The first-order valence-electron chi connectivity index (χ1n) is 11.8. The van der Waals surface area contributed by atoms with Crippen molar-refractivity contribution in [2.24, 2.45) is 0 Å². The number of aryl methyl sites for hydroxylation is 1. The number of hydrogen-bond acceptors (Lipinski definition) is 0. The van der Waals surface area contributed by atoms with E-state index in [4.69, 9.17) is 0 Å². The highest BCUT2D eigenvalue weighted by Crippen LogP contribution is 2.15. The van der Waals surface area contributed by atoms with Crippen molar-refractivity contribution < 1.29 is 4.57 Å². The van der Waals surface area contributed by atoms with Gasteiger partial charge in [-0.1, -0.05) is 103 Å². The van der Waals surface area contributed by atoms with Gasteiger partial charge in [-0.2, -0.15) is 0 Å². The van der Waals surface area contributed by atoms with Crippen LogP contribution in [0.2, 0.25) is 0 Å². The van der Waals surface area contributed by atoms with E-state index in [-0.39, 0.29) is 0 Å². The predicted octanol–water partition coefficient (Wildman–Crippen LogP) is 7.97. The zero-order chi connectivity index (χ0) is 18.9. The van der Waals surface area contributed by atoms with E-state index in [1.807, 2.05) is 0 Å². The topological polar surface area (TPSA) is 3.88 Å². The van der Waals surface area contributed by atoms with E-state index in [1.165, 1.54) is 102 Å². The monoisotopic (exact) mass is 360 g/mol. The van der Waals surface area contributed by atoms with Crippen molar-refractivity contribution in [3.63, 3.8) is 0 Å². The average Bonchev–Trinajstić information content (AvgIpc) is 2.68. The molecular weight excluding hydrogens is 314 g/mol. The van der Waals surface area contributed by atoms with Gasteiger partial charge in [0.05, 0.1) is 0 Å². The second-order valence-corrected chi connectivity index (χ2v) is 8.19. The highest BCUT2D eigenvalue weighted by atomic mass is 15.0. The minimum absolute atomic E-state index is 0.642. The molecule has 0 saturated carbocycles. The lowest BCUT2D eigenvalue weighted by molar-refractivity contribution is -0.727. The molecule has 0 fully saturated rings. The Bertz CT molecular complexity index is 426. The van der Waals surface area contributed by atoms with Gasteiger partial charge >= 0.3 is 0 Å². The third kappa shape index (κ3) is 11.0. The SMILES string of the molecule is CCCCCCCCCCCCCCCCC(C)[n+]1ccccc1CC. The summed E-state index contributed by atoms with van der Waals surface area (Å²) in [6.07, 6.45) is 24.9. The van der Waals surface area contributed by atoms with Gasteiger partial charge in [0.15, 0.2) is 17.9 Å². The van der Waals surface area contributed by atoms with Crippen LogP contribution in [0.25, 0.3) is 0 Å². The van der Waals surface area contributed by atoms with Crippen LogP contribution in [0.4, 0.5) is 0 Å². The second kappa shape index (κ2) is 16.3. The number of rotatable bonds is 17. The van der Waals surface area contributed by atoms with Crippen LogP contribution in [0, 0.1) is 0 Å². The van der Waals surface area contributed by atoms with Crippen LogP contribution < -0.4 is 4.57 Å². The van der Waals surface area contributed by atoms with Gasteiger partial charge in [-0.05, 0) is 13.3 Å². The van der Waals surface area contributed by atoms with E-state index in [9.17, 15) is 0 Å². The molecule has 0 radical (unpaired) electrons. The van der Waals surface area contributed by atoms with Crippen LogP contribution in [0.15, 0.2) is 24.4 Å². The van der Waals surface area contributed by atoms with Gasteiger partial charge in [-0.15, -0.1) is 0 Å². The normalized spacial score (nSPS) is 12.4. The zero-order valence-corrected chi connectivity index (χ0v) is 18.1. The summed E-state index contributed by atoms with van der Waals surface area (Å²) >= 11 is 0. The lowest BCUT2D eigenvalue weighted by Crippen LogP contribution is -2.41. The average molecular weight is 361 g/mol. The maximum Gasteiger partial charge on any atom is 0.181 e. The fourth-order valence-electron chi connectivity index (χ4n) is 3.99. The van der Waals surface area contributed by atoms with Crippen molar-refractivity contribution >= 4 is 0 Å². The molecule has 0 bridgehead atoms. The molecule has 0 aromatic carbocycles. The van der Waals surface area contributed by atoms with E-state index in [0.29, 0.717) is 6.04 Å². The summed E-state index contributed by atoms with van der Waals surface area (Å²) in [7, 11) is 0. The van der Waals surface area contributed by atoms with Crippen LogP contribution in [0.1, 0.15) is 129 Å². The summed E-state index contributed by atoms with van der Waals surface area (Å²) < 4.78 is 2.47. The van der Waals surface area contributed by atoms with E-state index >= 15 is 0 Å². The van der Waals surface area contributed by atoms with Crippen molar-refractivity contribution in [1.29, 1.82) is 0 Å². The van der Waals surface area contributed by atoms with Gasteiger partial charge in [0.25, 0.3) is 0 Å². The molecule has 1 rings (SSSR count). The Morgan fingerprint density at radius 3 is 1.69 bits per heavy atom. The highest BCUT2D eigenvalue weighted by molar-refractivity contribution is 4.96. The molecule has 1 nitrogen and oxygen atoms in total.